The maximum Gasteiger partial charge on any atom is 0.315 e. The second kappa shape index (κ2) is 8.00. The van der Waals surface area contributed by atoms with E-state index in [2.05, 4.69) is 23.6 Å². The van der Waals surface area contributed by atoms with Crippen LogP contribution in [-0.4, -0.2) is 17.2 Å². The second-order valence-corrected chi connectivity index (χ2v) is 6.22. The molecule has 2 heterocycles. The summed E-state index contributed by atoms with van der Waals surface area (Å²) in [6.45, 7) is 4.48. The summed E-state index contributed by atoms with van der Waals surface area (Å²) in [6.07, 6.45) is 2.18. The quantitative estimate of drug-likeness (QED) is 0.733. The number of amides is 2. The lowest BCUT2D eigenvalue weighted by atomic mass is 10.1. The normalized spacial score (nSPS) is 13.6. The summed E-state index contributed by atoms with van der Waals surface area (Å²) >= 11 is 1.65. The zero-order valence-corrected chi connectivity index (χ0v) is 13.7. The Balaban J connectivity index is 1.74. The van der Waals surface area contributed by atoms with Crippen molar-refractivity contribution in [2.24, 2.45) is 0 Å². The molecule has 0 unspecified atom stereocenters. The number of furan rings is 1. The Morgan fingerprint density at radius 2 is 2.27 bits per heavy atom. The molecule has 6 heteroatoms. The molecule has 0 bridgehead atoms. The maximum absolute atomic E-state index is 11.9. The molecule has 0 spiro atoms. The van der Waals surface area contributed by atoms with Gasteiger partial charge >= 0.3 is 6.03 Å². The third kappa shape index (κ3) is 4.61. The van der Waals surface area contributed by atoms with Crippen molar-refractivity contribution in [2.45, 2.75) is 45.4 Å². The first-order chi connectivity index (χ1) is 10.6. The average molecular weight is 322 g/mol. The van der Waals surface area contributed by atoms with Gasteiger partial charge in [0.15, 0.2) is 0 Å². The van der Waals surface area contributed by atoms with Crippen LogP contribution in [0.5, 0.6) is 0 Å². The fraction of sp³-hybridized carbons (Fsp3) is 0.438. The van der Waals surface area contributed by atoms with Crippen LogP contribution in [0.25, 0.3) is 0 Å². The molecule has 0 aromatic carbocycles. The van der Waals surface area contributed by atoms with Gasteiger partial charge in [-0.15, -0.1) is 11.3 Å². The van der Waals surface area contributed by atoms with Crippen molar-refractivity contribution >= 4 is 17.4 Å². The van der Waals surface area contributed by atoms with E-state index < -0.39 is 6.10 Å². The van der Waals surface area contributed by atoms with Gasteiger partial charge in [0.2, 0.25) is 0 Å². The Morgan fingerprint density at radius 1 is 1.45 bits per heavy atom. The molecule has 0 aliphatic rings. The first kappa shape index (κ1) is 16.6. The number of aliphatic hydroxyl groups is 1. The van der Waals surface area contributed by atoms with Crippen LogP contribution in [0.15, 0.2) is 34.3 Å². The van der Waals surface area contributed by atoms with E-state index in [1.165, 1.54) is 16.7 Å². The van der Waals surface area contributed by atoms with Crippen LogP contribution in [0.1, 0.15) is 42.6 Å². The zero-order valence-electron chi connectivity index (χ0n) is 12.8. The summed E-state index contributed by atoms with van der Waals surface area (Å²) in [5.74, 6) is 0.514. The van der Waals surface area contributed by atoms with Gasteiger partial charge in [-0.1, -0.05) is 6.92 Å². The summed E-state index contributed by atoms with van der Waals surface area (Å²) < 4.78 is 5.15. The molecule has 2 rings (SSSR count). The van der Waals surface area contributed by atoms with Crippen LogP contribution in [-0.2, 0) is 13.0 Å². The Morgan fingerprint density at radius 3 is 2.95 bits per heavy atom. The van der Waals surface area contributed by atoms with E-state index in [9.17, 15) is 9.90 Å². The lowest BCUT2D eigenvalue weighted by molar-refractivity contribution is 0.129. The third-order valence-electron chi connectivity index (χ3n) is 3.45. The minimum Gasteiger partial charge on any atom is -0.467 e. The number of carbonyl (C=O) groups excluding carboxylic acids is 1. The topological polar surface area (TPSA) is 74.5 Å². The van der Waals surface area contributed by atoms with Gasteiger partial charge in [-0.25, -0.2) is 4.79 Å². The number of carbonyl (C=O) groups is 1. The highest BCUT2D eigenvalue weighted by Gasteiger charge is 2.16. The van der Waals surface area contributed by atoms with E-state index in [1.54, 1.807) is 23.5 Å². The number of aryl methyl sites for hydroxylation is 1. The molecule has 0 saturated heterocycles. The molecule has 0 aliphatic heterocycles. The van der Waals surface area contributed by atoms with Crippen molar-refractivity contribution in [1.29, 1.82) is 0 Å². The summed E-state index contributed by atoms with van der Waals surface area (Å²) in [7, 11) is 0. The number of thiophene rings is 1. The van der Waals surface area contributed by atoms with E-state index in [0.717, 1.165) is 6.42 Å². The Hall–Kier alpha value is -1.79. The molecule has 120 valence electrons. The lowest BCUT2D eigenvalue weighted by Gasteiger charge is -2.17. The van der Waals surface area contributed by atoms with Crippen molar-refractivity contribution in [3.8, 4) is 0 Å². The molecule has 0 aliphatic carbocycles. The number of nitrogens with one attached hydrogen (secondary N) is 2. The van der Waals surface area contributed by atoms with Gasteiger partial charge in [0.1, 0.15) is 11.9 Å². The van der Waals surface area contributed by atoms with Crippen LogP contribution in [0, 0.1) is 0 Å². The van der Waals surface area contributed by atoms with Crippen LogP contribution >= 0.6 is 11.3 Å². The molecule has 5 nitrogen and oxygen atoms in total. The number of rotatable bonds is 7. The number of hydrogen-bond acceptors (Lipinski definition) is 4. The van der Waals surface area contributed by atoms with Crippen LogP contribution < -0.4 is 10.6 Å². The third-order valence-corrected chi connectivity index (χ3v) is 4.42. The molecule has 2 aromatic rings. The van der Waals surface area contributed by atoms with Crippen LogP contribution in [0.2, 0.25) is 0 Å². The molecule has 2 atom stereocenters. The van der Waals surface area contributed by atoms with Crippen molar-refractivity contribution in [2.75, 3.05) is 0 Å². The SMILES string of the molecule is CCc1ccsc1CNC(=O)N[C@@H](C)C[C@H](O)c1ccco1. The highest BCUT2D eigenvalue weighted by molar-refractivity contribution is 7.10. The molecule has 2 amide bonds. The van der Waals surface area contributed by atoms with Crippen LogP contribution in [0.4, 0.5) is 4.79 Å². The number of aliphatic hydroxyl groups excluding tert-OH is 1. The standard InChI is InChI=1S/C16H22N2O3S/c1-3-12-6-8-22-15(12)10-17-16(20)18-11(2)9-13(19)14-5-4-7-21-14/h4-8,11,13,19H,3,9-10H2,1-2H3,(H2,17,18,20)/t11-,13-/m0/s1. The second-order valence-electron chi connectivity index (χ2n) is 5.22. The van der Waals surface area contributed by atoms with E-state index in [0.29, 0.717) is 18.7 Å². The van der Waals surface area contributed by atoms with Crippen molar-refractivity contribution in [1.82, 2.24) is 10.6 Å². The first-order valence-electron chi connectivity index (χ1n) is 7.41. The molecular formula is C16H22N2O3S. The predicted molar refractivity (Wildman–Crippen MR) is 86.8 cm³/mol. The maximum atomic E-state index is 11.9. The number of urea groups is 1. The fourth-order valence-electron chi connectivity index (χ4n) is 2.26. The summed E-state index contributed by atoms with van der Waals surface area (Å²) in [4.78, 5) is 13.1. The molecule has 22 heavy (non-hydrogen) atoms. The van der Waals surface area contributed by atoms with Gasteiger partial charge in [-0.2, -0.15) is 0 Å². The molecule has 3 N–H and O–H groups in total. The van der Waals surface area contributed by atoms with Crippen molar-refractivity contribution < 1.29 is 14.3 Å². The summed E-state index contributed by atoms with van der Waals surface area (Å²) in [6, 6.07) is 5.15. The lowest BCUT2D eigenvalue weighted by Crippen LogP contribution is -2.41. The molecule has 2 aromatic heterocycles. The highest BCUT2D eigenvalue weighted by Crippen LogP contribution is 2.19. The molecule has 0 fully saturated rings. The van der Waals surface area contributed by atoms with Gasteiger partial charge in [0.05, 0.1) is 12.8 Å². The van der Waals surface area contributed by atoms with Crippen molar-refractivity contribution in [3.63, 3.8) is 0 Å². The Kier molecular flexibility index (Phi) is 6.03. The highest BCUT2D eigenvalue weighted by atomic mass is 32.1. The van der Waals surface area contributed by atoms with E-state index in [4.69, 9.17) is 4.42 Å². The van der Waals surface area contributed by atoms with E-state index in [-0.39, 0.29) is 12.1 Å². The van der Waals surface area contributed by atoms with Gasteiger partial charge in [0.25, 0.3) is 0 Å². The van der Waals surface area contributed by atoms with Gasteiger partial charge in [-0.05, 0) is 42.5 Å². The van der Waals surface area contributed by atoms with Crippen molar-refractivity contribution in [3.05, 3.63) is 46.0 Å². The summed E-state index contributed by atoms with van der Waals surface area (Å²) in [5.41, 5.74) is 1.27. The van der Waals surface area contributed by atoms with E-state index in [1.807, 2.05) is 12.3 Å². The Labute approximate surface area is 134 Å². The minimum atomic E-state index is -0.714. The van der Waals surface area contributed by atoms with Gasteiger partial charge in [0, 0.05) is 17.3 Å². The monoisotopic (exact) mass is 322 g/mol. The predicted octanol–water partition coefficient (Wildman–Crippen LogP) is 3.21. The first-order valence-corrected chi connectivity index (χ1v) is 8.29. The smallest absolute Gasteiger partial charge is 0.315 e. The zero-order chi connectivity index (χ0) is 15.9. The average Bonchev–Trinajstić information content (AvgIpc) is 3.15. The van der Waals surface area contributed by atoms with E-state index >= 15 is 0 Å². The largest absolute Gasteiger partial charge is 0.467 e. The Bertz CT molecular complexity index is 580. The van der Waals surface area contributed by atoms with Gasteiger partial charge in [-0.3, -0.25) is 0 Å². The molecule has 0 saturated carbocycles. The van der Waals surface area contributed by atoms with Gasteiger partial charge < -0.3 is 20.2 Å². The summed E-state index contributed by atoms with van der Waals surface area (Å²) in [5, 5.41) is 17.7. The number of hydrogen-bond donors (Lipinski definition) is 3. The van der Waals surface area contributed by atoms with Crippen LogP contribution in [0.3, 0.4) is 0 Å². The molecular weight excluding hydrogens is 300 g/mol. The minimum absolute atomic E-state index is 0.158. The molecule has 0 radical (unpaired) electrons. The fourth-order valence-corrected chi connectivity index (χ4v) is 3.18.